The number of nitrogens with zero attached hydrogens (tertiary/aromatic N) is 4. The van der Waals surface area contributed by atoms with Crippen LogP contribution in [0, 0.1) is 6.92 Å². The number of amides is 2. The van der Waals surface area contributed by atoms with E-state index in [1.54, 1.807) is 24.1 Å². The number of anilines is 1. The van der Waals surface area contributed by atoms with Crippen LogP contribution in [0.4, 0.5) is 5.82 Å². The number of thiocarbonyl (C=S) groups is 1. The average molecular weight is 546 g/mol. The van der Waals surface area contributed by atoms with E-state index in [1.165, 1.54) is 22.5 Å². The monoisotopic (exact) mass is 545 g/mol. The van der Waals surface area contributed by atoms with Crippen molar-refractivity contribution in [3.63, 3.8) is 0 Å². The fourth-order valence-corrected chi connectivity index (χ4v) is 5.44. The summed E-state index contributed by atoms with van der Waals surface area (Å²) in [6.07, 6.45) is 2.92. The number of hydrogen-bond acceptors (Lipinski definition) is 10. The number of esters is 1. The first-order chi connectivity index (χ1) is 17.7. The van der Waals surface area contributed by atoms with Gasteiger partial charge in [0.05, 0.1) is 36.6 Å². The Morgan fingerprint density at radius 3 is 2.84 bits per heavy atom. The molecule has 1 N–H and O–H groups in total. The van der Waals surface area contributed by atoms with Gasteiger partial charge < -0.3 is 19.7 Å². The van der Waals surface area contributed by atoms with E-state index >= 15 is 0 Å². The highest BCUT2D eigenvalue weighted by Gasteiger charge is 2.36. The number of pyridine rings is 1. The molecule has 0 radical (unpaired) electrons. The van der Waals surface area contributed by atoms with Crippen molar-refractivity contribution in [2.45, 2.75) is 26.3 Å². The molecule has 0 aliphatic carbocycles. The summed E-state index contributed by atoms with van der Waals surface area (Å²) in [6, 6.07) is 2.60. The highest BCUT2D eigenvalue weighted by Crippen LogP contribution is 2.34. The second kappa shape index (κ2) is 11.4. The van der Waals surface area contributed by atoms with Crippen molar-refractivity contribution in [2.24, 2.45) is 0 Å². The van der Waals surface area contributed by atoms with E-state index in [4.69, 9.17) is 26.7 Å². The van der Waals surface area contributed by atoms with Gasteiger partial charge in [0, 0.05) is 26.4 Å². The van der Waals surface area contributed by atoms with E-state index < -0.39 is 17.6 Å². The van der Waals surface area contributed by atoms with Crippen molar-refractivity contribution in [1.82, 2.24) is 19.6 Å². The average Bonchev–Trinajstić information content (AvgIpc) is 3.13. The lowest BCUT2D eigenvalue weighted by atomic mass is 10.1. The molecule has 0 bridgehead atoms. The van der Waals surface area contributed by atoms with Crippen molar-refractivity contribution < 1.29 is 23.9 Å². The van der Waals surface area contributed by atoms with E-state index in [-0.39, 0.29) is 47.7 Å². The summed E-state index contributed by atoms with van der Waals surface area (Å²) in [6.45, 7) is 4.91. The molecule has 2 aliphatic heterocycles. The Morgan fingerprint density at radius 1 is 1.32 bits per heavy atom. The lowest BCUT2D eigenvalue weighted by Crippen LogP contribution is -2.57. The largest absolute Gasteiger partial charge is 0.466 e. The first kappa shape index (κ1) is 26.8. The predicted molar refractivity (Wildman–Crippen MR) is 143 cm³/mol. The van der Waals surface area contributed by atoms with Gasteiger partial charge in [-0.3, -0.25) is 28.5 Å². The second-order valence-electron chi connectivity index (χ2n) is 8.42. The Hall–Kier alpha value is -3.29. The van der Waals surface area contributed by atoms with Crippen molar-refractivity contribution in [1.29, 1.82) is 0 Å². The quantitative estimate of drug-likeness (QED) is 0.293. The molecular weight excluding hydrogens is 518 g/mol. The van der Waals surface area contributed by atoms with Gasteiger partial charge in [-0.25, -0.2) is 4.98 Å². The number of thioether (sulfide) groups is 1. The highest BCUT2D eigenvalue weighted by molar-refractivity contribution is 8.26. The zero-order valence-electron chi connectivity index (χ0n) is 20.7. The molecular formula is C24H27N5O6S2. The predicted octanol–water partition coefficient (Wildman–Crippen LogP) is 1.11. The van der Waals surface area contributed by atoms with E-state index in [0.29, 0.717) is 29.7 Å². The Morgan fingerprint density at radius 2 is 2.11 bits per heavy atom. The zero-order chi connectivity index (χ0) is 26.7. The Bertz CT molecular complexity index is 1360. The van der Waals surface area contributed by atoms with Crippen LogP contribution in [0.1, 0.15) is 24.5 Å². The molecule has 196 valence electrons. The SMILES string of the molecule is CCOC(=O)C[C@@H]1C(=O)NCCN1c1nc2ccc(C)cn2c(=O)c1/C=C1\SC(=S)N(CCOC)C1=O. The van der Waals surface area contributed by atoms with Crippen LogP contribution in [-0.4, -0.2) is 82.4 Å². The van der Waals surface area contributed by atoms with Gasteiger partial charge in [0.1, 0.15) is 21.8 Å². The van der Waals surface area contributed by atoms with Crippen molar-refractivity contribution in [3.8, 4) is 0 Å². The molecule has 4 heterocycles. The summed E-state index contributed by atoms with van der Waals surface area (Å²) in [4.78, 5) is 60.0. The summed E-state index contributed by atoms with van der Waals surface area (Å²) in [5.41, 5.74) is 0.931. The molecule has 0 aromatic carbocycles. The number of fused-ring (bicyclic) bond motifs is 1. The maximum absolute atomic E-state index is 13.8. The number of carbonyl (C=O) groups is 3. The van der Waals surface area contributed by atoms with Gasteiger partial charge in [0.15, 0.2) is 0 Å². The third kappa shape index (κ3) is 5.53. The van der Waals surface area contributed by atoms with Gasteiger partial charge in [0.2, 0.25) is 5.91 Å². The van der Waals surface area contributed by atoms with Crippen LogP contribution in [0.5, 0.6) is 0 Å². The van der Waals surface area contributed by atoms with Gasteiger partial charge in [0.25, 0.3) is 11.5 Å². The number of aromatic nitrogens is 2. The van der Waals surface area contributed by atoms with E-state index in [1.807, 2.05) is 13.0 Å². The summed E-state index contributed by atoms with van der Waals surface area (Å²) in [5, 5.41) is 2.76. The second-order valence-corrected chi connectivity index (χ2v) is 10.1. The van der Waals surface area contributed by atoms with Crippen LogP contribution in [0.2, 0.25) is 0 Å². The number of piperazine rings is 1. The van der Waals surface area contributed by atoms with E-state index in [9.17, 15) is 19.2 Å². The van der Waals surface area contributed by atoms with Gasteiger partial charge in [-0.2, -0.15) is 0 Å². The molecule has 0 saturated carbocycles. The molecule has 0 spiro atoms. The third-order valence-electron chi connectivity index (χ3n) is 5.92. The van der Waals surface area contributed by atoms with Gasteiger partial charge in [-0.05, 0) is 31.6 Å². The Balaban J connectivity index is 1.86. The van der Waals surface area contributed by atoms with Crippen molar-refractivity contribution >= 4 is 63.6 Å². The van der Waals surface area contributed by atoms with E-state index in [2.05, 4.69) is 5.32 Å². The van der Waals surface area contributed by atoms with Crippen LogP contribution in [0.15, 0.2) is 28.0 Å². The maximum atomic E-state index is 13.8. The summed E-state index contributed by atoms with van der Waals surface area (Å²) in [5.74, 6) is -1.04. The normalized spacial score (nSPS) is 19.2. The van der Waals surface area contributed by atoms with Crippen molar-refractivity contribution in [3.05, 3.63) is 44.7 Å². The van der Waals surface area contributed by atoms with Gasteiger partial charge >= 0.3 is 5.97 Å². The van der Waals surface area contributed by atoms with Gasteiger partial charge in [-0.1, -0.05) is 30.0 Å². The molecule has 2 saturated heterocycles. The molecule has 4 rings (SSSR count). The number of nitrogens with one attached hydrogen (secondary N) is 1. The lowest BCUT2D eigenvalue weighted by molar-refractivity contribution is -0.145. The minimum Gasteiger partial charge on any atom is -0.466 e. The molecule has 11 nitrogen and oxygen atoms in total. The summed E-state index contributed by atoms with van der Waals surface area (Å²) in [7, 11) is 1.53. The fraction of sp³-hybridized carbons (Fsp3) is 0.417. The number of hydrogen-bond donors (Lipinski definition) is 1. The molecule has 0 unspecified atom stereocenters. The zero-order valence-corrected chi connectivity index (χ0v) is 22.3. The van der Waals surface area contributed by atoms with Crippen LogP contribution >= 0.6 is 24.0 Å². The fourth-order valence-electron chi connectivity index (χ4n) is 4.15. The first-order valence-corrected chi connectivity index (χ1v) is 12.9. The van der Waals surface area contributed by atoms with Crippen LogP contribution in [0.25, 0.3) is 11.7 Å². The van der Waals surface area contributed by atoms with E-state index in [0.717, 1.165) is 17.3 Å². The third-order valence-corrected chi connectivity index (χ3v) is 7.30. The Labute approximate surface area is 222 Å². The molecule has 2 amide bonds. The maximum Gasteiger partial charge on any atom is 0.308 e. The minimum absolute atomic E-state index is 0.124. The lowest BCUT2D eigenvalue weighted by Gasteiger charge is -2.36. The molecule has 2 aromatic rings. The topological polar surface area (TPSA) is 123 Å². The summed E-state index contributed by atoms with van der Waals surface area (Å²) >= 11 is 6.46. The number of aryl methyl sites for hydroxylation is 1. The molecule has 13 heteroatoms. The summed E-state index contributed by atoms with van der Waals surface area (Å²) < 4.78 is 11.9. The van der Waals surface area contributed by atoms with Crippen molar-refractivity contribution in [2.75, 3.05) is 44.9 Å². The smallest absolute Gasteiger partial charge is 0.308 e. The molecule has 2 aromatic heterocycles. The standard InChI is InChI=1S/C24H27N5O6S2/c1-4-35-19(30)12-16-21(31)25-7-8-27(16)20-15(22(32)29-13-14(2)5-6-18(29)26-20)11-17-23(33)28(9-10-34-3)24(36)37-17/h5-6,11,13,16H,4,7-10,12H2,1-3H3,(H,25,31)/b17-11-/t16-/m1/s1. The van der Waals surface area contributed by atoms with Crippen LogP contribution in [-0.2, 0) is 23.9 Å². The molecule has 2 fully saturated rings. The van der Waals surface area contributed by atoms with Crippen LogP contribution < -0.4 is 15.8 Å². The number of rotatable bonds is 8. The molecule has 2 aliphatic rings. The highest BCUT2D eigenvalue weighted by atomic mass is 32.2. The first-order valence-electron chi connectivity index (χ1n) is 11.7. The molecule has 1 atom stereocenters. The van der Waals surface area contributed by atoms with Gasteiger partial charge in [-0.15, -0.1) is 0 Å². The molecule has 37 heavy (non-hydrogen) atoms. The Kier molecular flexibility index (Phi) is 8.25. The number of carbonyl (C=O) groups excluding carboxylic acids is 3. The minimum atomic E-state index is -0.934. The number of ether oxygens (including phenoxy) is 2. The number of methoxy groups -OCH3 is 1. The van der Waals surface area contributed by atoms with Crippen LogP contribution in [0.3, 0.4) is 0 Å².